The molecule has 4 heteroatoms. The van der Waals surface area contributed by atoms with Crippen molar-refractivity contribution < 1.29 is 9.18 Å². The Bertz CT molecular complexity index is 355. The number of hydrogen-bond donors (Lipinski definition) is 2. The molecule has 1 aromatic carbocycles. The van der Waals surface area contributed by atoms with E-state index in [2.05, 4.69) is 17.6 Å². The minimum atomic E-state index is -0.327. The first-order valence-corrected chi connectivity index (χ1v) is 5.95. The Labute approximate surface area is 101 Å². The van der Waals surface area contributed by atoms with E-state index in [1.165, 1.54) is 6.07 Å². The van der Waals surface area contributed by atoms with Gasteiger partial charge in [-0.25, -0.2) is 4.39 Å². The third-order valence-corrected chi connectivity index (χ3v) is 2.36. The number of nitrogens with one attached hydrogen (secondary N) is 2. The molecule has 94 valence electrons. The van der Waals surface area contributed by atoms with Gasteiger partial charge in [0.1, 0.15) is 5.82 Å². The molecule has 0 saturated heterocycles. The van der Waals surface area contributed by atoms with E-state index in [0.717, 1.165) is 19.5 Å². The van der Waals surface area contributed by atoms with E-state index >= 15 is 0 Å². The molecular formula is C13H19FN2O. The number of rotatable bonds is 7. The second kappa shape index (κ2) is 7.79. The summed E-state index contributed by atoms with van der Waals surface area (Å²) in [7, 11) is 0. The molecular weight excluding hydrogens is 219 g/mol. The average molecular weight is 238 g/mol. The second-order valence-electron chi connectivity index (χ2n) is 3.87. The van der Waals surface area contributed by atoms with Crippen molar-refractivity contribution in [2.24, 2.45) is 0 Å². The fourth-order valence-electron chi connectivity index (χ4n) is 1.47. The van der Waals surface area contributed by atoms with Crippen molar-refractivity contribution in [3.05, 3.63) is 35.6 Å². The molecule has 0 heterocycles. The zero-order valence-corrected chi connectivity index (χ0v) is 10.1. The first-order chi connectivity index (χ1) is 8.24. The summed E-state index contributed by atoms with van der Waals surface area (Å²) in [6, 6.07) is 6.34. The monoisotopic (exact) mass is 238 g/mol. The van der Waals surface area contributed by atoms with Crippen LogP contribution in [0.25, 0.3) is 0 Å². The minimum absolute atomic E-state index is 0.0977. The van der Waals surface area contributed by atoms with Crippen LogP contribution in [0.3, 0.4) is 0 Å². The summed E-state index contributed by atoms with van der Waals surface area (Å²) >= 11 is 0. The van der Waals surface area contributed by atoms with Crippen LogP contribution in [0.5, 0.6) is 0 Å². The first kappa shape index (κ1) is 13.6. The van der Waals surface area contributed by atoms with Crippen molar-refractivity contribution in [1.29, 1.82) is 0 Å². The molecule has 0 bridgehead atoms. The fraction of sp³-hybridized carbons (Fsp3) is 0.462. The third-order valence-electron chi connectivity index (χ3n) is 2.36. The van der Waals surface area contributed by atoms with E-state index in [0.29, 0.717) is 12.1 Å². The van der Waals surface area contributed by atoms with Gasteiger partial charge in [0.25, 0.3) is 0 Å². The summed E-state index contributed by atoms with van der Waals surface area (Å²) in [5, 5.41) is 5.93. The van der Waals surface area contributed by atoms with Crippen LogP contribution in [0, 0.1) is 5.82 Å². The Morgan fingerprint density at radius 2 is 2.00 bits per heavy atom. The molecule has 1 aromatic rings. The number of hydrogen-bond acceptors (Lipinski definition) is 2. The highest BCUT2D eigenvalue weighted by Crippen LogP contribution is 2.06. The predicted octanol–water partition coefficient (Wildman–Crippen LogP) is 1.48. The molecule has 1 rings (SSSR count). The summed E-state index contributed by atoms with van der Waals surface area (Å²) < 4.78 is 13.2. The van der Waals surface area contributed by atoms with E-state index < -0.39 is 0 Å². The maximum absolute atomic E-state index is 13.2. The molecule has 3 nitrogen and oxygen atoms in total. The van der Waals surface area contributed by atoms with Gasteiger partial charge < -0.3 is 10.6 Å². The SMILES string of the molecule is CCCNCCNC(=O)Cc1ccccc1F. The van der Waals surface area contributed by atoms with Crippen LogP contribution in [0.4, 0.5) is 4.39 Å². The van der Waals surface area contributed by atoms with Crippen molar-refractivity contribution in [3.8, 4) is 0 Å². The van der Waals surface area contributed by atoms with E-state index in [4.69, 9.17) is 0 Å². The van der Waals surface area contributed by atoms with Crippen LogP contribution in [0.2, 0.25) is 0 Å². The lowest BCUT2D eigenvalue weighted by Gasteiger charge is -2.06. The second-order valence-corrected chi connectivity index (χ2v) is 3.87. The van der Waals surface area contributed by atoms with Crippen molar-refractivity contribution in [2.45, 2.75) is 19.8 Å². The summed E-state index contributed by atoms with van der Waals surface area (Å²) in [5.41, 5.74) is 0.437. The van der Waals surface area contributed by atoms with Gasteiger partial charge in [0.2, 0.25) is 5.91 Å². The molecule has 0 fully saturated rings. The van der Waals surface area contributed by atoms with Gasteiger partial charge in [-0.05, 0) is 24.6 Å². The number of amides is 1. The van der Waals surface area contributed by atoms with Gasteiger partial charge in [0.15, 0.2) is 0 Å². The standard InChI is InChI=1S/C13H19FN2O/c1-2-7-15-8-9-16-13(17)10-11-5-3-4-6-12(11)14/h3-6,15H,2,7-10H2,1H3,(H,16,17). The molecule has 0 unspecified atom stereocenters. The van der Waals surface area contributed by atoms with Crippen LogP contribution < -0.4 is 10.6 Å². The maximum atomic E-state index is 13.2. The van der Waals surface area contributed by atoms with E-state index in [1.807, 2.05) is 0 Å². The molecule has 0 radical (unpaired) electrons. The van der Waals surface area contributed by atoms with E-state index in [-0.39, 0.29) is 18.1 Å². The zero-order valence-electron chi connectivity index (χ0n) is 10.1. The summed E-state index contributed by atoms with van der Waals surface area (Å²) in [4.78, 5) is 11.5. The Morgan fingerprint density at radius 3 is 2.71 bits per heavy atom. The number of carbonyl (C=O) groups excluding carboxylic acids is 1. The minimum Gasteiger partial charge on any atom is -0.355 e. The normalized spacial score (nSPS) is 10.2. The molecule has 0 aromatic heterocycles. The number of carbonyl (C=O) groups is 1. The van der Waals surface area contributed by atoms with Gasteiger partial charge >= 0.3 is 0 Å². The highest BCUT2D eigenvalue weighted by molar-refractivity contribution is 5.78. The van der Waals surface area contributed by atoms with Gasteiger partial charge in [-0.3, -0.25) is 4.79 Å². The van der Waals surface area contributed by atoms with Gasteiger partial charge in [-0.15, -0.1) is 0 Å². The largest absolute Gasteiger partial charge is 0.355 e. The smallest absolute Gasteiger partial charge is 0.224 e. The lowest BCUT2D eigenvalue weighted by atomic mass is 10.1. The topological polar surface area (TPSA) is 41.1 Å². The molecule has 0 aliphatic heterocycles. The molecule has 1 amide bonds. The Hall–Kier alpha value is -1.42. The van der Waals surface area contributed by atoms with Gasteiger partial charge in [0, 0.05) is 13.1 Å². The Morgan fingerprint density at radius 1 is 1.24 bits per heavy atom. The third kappa shape index (κ3) is 5.45. The molecule has 0 aliphatic rings. The molecule has 0 saturated carbocycles. The molecule has 0 aliphatic carbocycles. The Kier molecular flexibility index (Phi) is 6.25. The van der Waals surface area contributed by atoms with Gasteiger partial charge in [-0.2, -0.15) is 0 Å². The molecule has 17 heavy (non-hydrogen) atoms. The molecule has 2 N–H and O–H groups in total. The Balaban J connectivity index is 2.23. The quantitative estimate of drug-likeness (QED) is 0.707. The van der Waals surface area contributed by atoms with Crippen LogP contribution in [0.1, 0.15) is 18.9 Å². The molecule has 0 atom stereocenters. The van der Waals surface area contributed by atoms with Crippen molar-refractivity contribution in [1.82, 2.24) is 10.6 Å². The first-order valence-electron chi connectivity index (χ1n) is 5.95. The average Bonchev–Trinajstić information content (AvgIpc) is 2.32. The van der Waals surface area contributed by atoms with Crippen LogP contribution >= 0.6 is 0 Å². The van der Waals surface area contributed by atoms with E-state index in [9.17, 15) is 9.18 Å². The van der Waals surface area contributed by atoms with Crippen molar-refractivity contribution in [2.75, 3.05) is 19.6 Å². The summed E-state index contributed by atoms with van der Waals surface area (Å²) in [6.45, 7) is 4.36. The highest BCUT2D eigenvalue weighted by atomic mass is 19.1. The molecule has 0 spiro atoms. The zero-order chi connectivity index (χ0) is 12.5. The predicted molar refractivity (Wildman–Crippen MR) is 66.3 cm³/mol. The highest BCUT2D eigenvalue weighted by Gasteiger charge is 2.06. The summed E-state index contributed by atoms with van der Waals surface area (Å²) in [6.07, 6.45) is 1.17. The maximum Gasteiger partial charge on any atom is 0.224 e. The van der Waals surface area contributed by atoms with Crippen LogP contribution in [-0.4, -0.2) is 25.5 Å². The van der Waals surface area contributed by atoms with Crippen molar-refractivity contribution >= 4 is 5.91 Å². The van der Waals surface area contributed by atoms with Gasteiger partial charge in [0.05, 0.1) is 6.42 Å². The number of halogens is 1. The van der Waals surface area contributed by atoms with Crippen molar-refractivity contribution in [3.63, 3.8) is 0 Å². The lowest BCUT2D eigenvalue weighted by molar-refractivity contribution is -0.120. The van der Waals surface area contributed by atoms with Gasteiger partial charge in [-0.1, -0.05) is 25.1 Å². The number of benzene rings is 1. The fourth-order valence-corrected chi connectivity index (χ4v) is 1.47. The van der Waals surface area contributed by atoms with Crippen LogP contribution in [-0.2, 0) is 11.2 Å². The lowest BCUT2D eigenvalue weighted by Crippen LogP contribution is -2.33. The summed E-state index contributed by atoms with van der Waals surface area (Å²) in [5.74, 6) is -0.472. The van der Waals surface area contributed by atoms with Crippen LogP contribution in [0.15, 0.2) is 24.3 Å². The van der Waals surface area contributed by atoms with E-state index in [1.54, 1.807) is 18.2 Å².